The number of hydrogen-bond donors (Lipinski definition) is 1. The maximum absolute atomic E-state index is 13.5. The van der Waals surface area contributed by atoms with Gasteiger partial charge in [-0.05, 0) is 35.9 Å². The molecule has 0 saturated carbocycles. The van der Waals surface area contributed by atoms with Crippen LogP contribution in [-0.4, -0.2) is 22.6 Å². The quantitative estimate of drug-likeness (QED) is 0.584. The number of nitrogens with zero attached hydrogens (tertiary/aromatic N) is 1. The fourth-order valence-corrected chi connectivity index (χ4v) is 2.82. The molecule has 1 aromatic heterocycles. The molecule has 0 radical (unpaired) electrons. The largest absolute Gasteiger partial charge is 0.464 e. The average Bonchev–Trinajstić information content (AvgIpc) is 2.92. The molecule has 0 aliphatic rings. The summed E-state index contributed by atoms with van der Waals surface area (Å²) in [5.41, 5.74) is 8.46. The Labute approximate surface area is 143 Å². The van der Waals surface area contributed by atoms with Crippen molar-refractivity contribution in [1.82, 2.24) is 4.57 Å². The third-order valence-corrected chi connectivity index (χ3v) is 4.05. The number of methoxy groups -OCH3 is 1. The van der Waals surface area contributed by atoms with E-state index in [0.29, 0.717) is 22.6 Å². The zero-order chi connectivity index (χ0) is 17.3. The lowest BCUT2D eigenvalue weighted by Crippen LogP contribution is -2.13. The predicted octanol–water partition coefficient (Wildman–Crippen LogP) is 3.25. The minimum atomic E-state index is -0.475. The van der Waals surface area contributed by atoms with Crippen molar-refractivity contribution in [2.24, 2.45) is 5.73 Å². The Bertz CT molecular complexity index is 949. The van der Waals surface area contributed by atoms with Gasteiger partial charge in [0, 0.05) is 23.0 Å². The predicted molar refractivity (Wildman–Crippen MR) is 94.7 cm³/mol. The van der Waals surface area contributed by atoms with E-state index >= 15 is 0 Å². The van der Waals surface area contributed by atoms with Crippen molar-refractivity contribution in [3.63, 3.8) is 0 Å². The number of carbonyl (C=O) groups excluding carboxylic acids is 1. The van der Waals surface area contributed by atoms with Crippen LogP contribution in [0.1, 0.15) is 21.6 Å². The number of esters is 1. The number of aromatic nitrogens is 1. The third kappa shape index (κ3) is 3.00. The number of halogens is 1. The first-order chi connectivity index (χ1) is 11.5. The lowest BCUT2D eigenvalue weighted by atomic mass is 10.1. The second kappa shape index (κ2) is 6.41. The normalized spacial score (nSPS) is 10.8. The van der Waals surface area contributed by atoms with Gasteiger partial charge in [0.05, 0.1) is 7.11 Å². The summed E-state index contributed by atoms with van der Waals surface area (Å²) in [5, 5.41) is 0.640. The van der Waals surface area contributed by atoms with E-state index < -0.39 is 5.97 Å². The van der Waals surface area contributed by atoms with E-state index in [0.717, 1.165) is 16.6 Å². The number of fused-ring (bicyclic) bond motifs is 1. The Morgan fingerprint density at radius 3 is 2.75 bits per heavy atom. The highest BCUT2D eigenvalue weighted by Crippen LogP contribution is 2.23. The van der Waals surface area contributed by atoms with Crippen molar-refractivity contribution in [3.8, 4) is 0 Å². The Hall–Kier alpha value is -2.73. The first-order valence-electron chi connectivity index (χ1n) is 7.25. The molecule has 3 aromatic rings. The molecule has 2 aromatic carbocycles. The van der Waals surface area contributed by atoms with Crippen LogP contribution in [0, 0.1) is 5.82 Å². The van der Waals surface area contributed by atoms with E-state index in [9.17, 15) is 9.18 Å². The summed E-state index contributed by atoms with van der Waals surface area (Å²) >= 11 is 5.00. The lowest BCUT2D eigenvalue weighted by molar-refractivity contribution is 0.0589. The highest BCUT2D eigenvalue weighted by molar-refractivity contribution is 7.80. The highest BCUT2D eigenvalue weighted by Gasteiger charge is 2.17. The first-order valence-corrected chi connectivity index (χ1v) is 7.66. The van der Waals surface area contributed by atoms with E-state index in [1.165, 1.54) is 19.2 Å². The molecule has 0 amide bonds. The van der Waals surface area contributed by atoms with Crippen LogP contribution in [0.3, 0.4) is 0 Å². The standard InChI is InChI=1S/C18H15FN2O2S/c1-23-18(22)16-9-13-8-14(19)5-6-15(13)21(16)10-11-3-2-4-12(7-11)17(20)24/h2-9H,10H2,1H3,(H2,20,24). The summed E-state index contributed by atoms with van der Waals surface area (Å²) in [6.45, 7) is 0.413. The van der Waals surface area contributed by atoms with E-state index in [1.54, 1.807) is 16.7 Å². The topological polar surface area (TPSA) is 57.2 Å². The van der Waals surface area contributed by atoms with Crippen molar-refractivity contribution in [3.05, 3.63) is 71.2 Å². The van der Waals surface area contributed by atoms with Crippen molar-refractivity contribution in [2.45, 2.75) is 6.54 Å². The Morgan fingerprint density at radius 2 is 2.04 bits per heavy atom. The van der Waals surface area contributed by atoms with Gasteiger partial charge in [-0.25, -0.2) is 9.18 Å². The fraction of sp³-hybridized carbons (Fsp3) is 0.111. The van der Waals surface area contributed by atoms with Crippen LogP contribution < -0.4 is 5.73 Å². The molecule has 3 rings (SSSR count). The minimum absolute atomic E-state index is 0.310. The molecule has 0 unspecified atom stereocenters. The van der Waals surface area contributed by atoms with Crippen LogP contribution in [0.25, 0.3) is 10.9 Å². The van der Waals surface area contributed by atoms with E-state index in [4.69, 9.17) is 22.7 Å². The molecular formula is C18H15FN2O2S. The van der Waals surface area contributed by atoms with Crippen LogP contribution in [0.15, 0.2) is 48.5 Å². The lowest BCUT2D eigenvalue weighted by Gasteiger charge is -2.11. The fourth-order valence-electron chi connectivity index (χ4n) is 2.69. The molecule has 2 N–H and O–H groups in total. The summed E-state index contributed by atoms with van der Waals surface area (Å²) in [7, 11) is 1.32. The van der Waals surface area contributed by atoms with Gasteiger partial charge in [0.2, 0.25) is 0 Å². The van der Waals surface area contributed by atoms with Gasteiger partial charge in [0.25, 0.3) is 0 Å². The van der Waals surface area contributed by atoms with Crippen molar-refractivity contribution in [2.75, 3.05) is 7.11 Å². The Morgan fingerprint density at radius 1 is 1.25 bits per heavy atom. The number of thiocarbonyl (C=S) groups is 1. The number of hydrogen-bond acceptors (Lipinski definition) is 3. The summed E-state index contributed by atoms with van der Waals surface area (Å²) in [5.74, 6) is -0.830. The molecule has 0 aliphatic heterocycles. The second-order valence-electron chi connectivity index (χ2n) is 5.38. The zero-order valence-corrected chi connectivity index (χ0v) is 13.8. The molecule has 0 spiro atoms. The second-order valence-corrected chi connectivity index (χ2v) is 5.81. The summed E-state index contributed by atoms with van der Waals surface area (Å²) < 4.78 is 20.1. The molecule has 24 heavy (non-hydrogen) atoms. The molecular weight excluding hydrogens is 327 g/mol. The maximum atomic E-state index is 13.5. The minimum Gasteiger partial charge on any atom is -0.464 e. The average molecular weight is 342 g/mol. The van der Waals surface area contributed by atoms with Gasteiger partial charge in [-0.1, -0.05) is 30.4 Å². The number of ether oxygens (including phenoxy) is 1. The molecule has 0 bridgehead atoms. The smallest absolute Gasteiger partial charge is 0.354 e. The zero-order valence-electron chi connectivity index (χ0n) is 13.0. The van der Waals surface area contributed by atoms with Gasteiger partial charge in [-0.15, -0.1) is 0 Å². The van der Waals surface area contributed by atoms with Crippen LogP contribution in [0.4, 0.5) is 4.39 Å². The Kier molecular flexibility index (Phi) is 4.31. The molecule has 0 fully saturated rings. The van der Waals surface area contributed by atoms with Crippen molar-refractivity contribution < 1.29 is 13.9 Å². The third-order valence-electron chi connectivity index (χ3n) is 3.81. The molecule has 4 nitrogen and oxygen atoms in total. The van der Waals surface area contributed by atoms with Gasteiger partial charge >= 0.3 is 5.97 Å². The first kappa shape index (κ1) is 16.1. The SMILES string of the molecule is COC(=O)c1cc2cc(F)ccc2n1Cc1cccc(C(N)=S)c1. The highest BCUT2D eigenvalue weighted by atomic mass is 32.1. The number of carbonyl (C=O) groups is 1. The monoisotopic (exact) mass is 342 g/mol. The summed E-state index contributed by atoms with van der Waals surface area (Å²) in [6, 6.07) is 13.5. The maximum Gasteiger partial charge on any atom is 0.354 e. The number of rotatable bonds is 4. The van der Waals surface area contributed by atoms with Gasteiger partial charge in [-0.3, -0.25) is 0 Å². The number of nitrogens with two attached hydrogens (primary N) is 1. The van der Waals surface area contributed by atoms with Gasteiger partial charge in [-0.2, -0.15) is 0 Å². The molecule has 1 heterocycles. The molecule has 122 valence electrons. The van der Waals surface area contributed by atoms with Gasteiger partial charge in [0.15, 0.2) is 0 Å². The van der Waals surface area contributed by atoms with E-state index in [1.807, 2.05) is 24.3 Å². The number of benzene rings is 2. The summed E-state index contributed by atoms with van der Waals surface area (Å²) in [4.78, 5) is 12.4. The Balaban J connectivity index is 2.12. The van der Waals surface area contributed by atoms with E-state index in [2.05, 4.69) is 0 Å². The molecule has 0 saturated heterocycles. The molecule has 0 atom stereocenters. The van der Waals surface area contributed by atoms with Crippen LogP contribution in [0.5, 0.6) is 0 Å². The van der Waals surface area contributed by atoms with Crippen LogP contribution in [0.2, 0.25) is 0 Å². The molecule has 0 aliphatic carbocycles. The summed E-state index contributed by atoms with van der Waals surface area (Å²) in [6.07, 6.45) is 0. The van der Waals surface area contributed by atoms with E-state index in [-0.39, 0.29) is 5.82 Å². The van der Waals surface area contributed by atoms with Crippen LogP contribution in [-0.2, 0) is 11.3 Å². The van der Waals surface area contributed by atoms with Crippen molar-refractivity contribution in [1.29, 1.82) is 0 Å². The van der Waals surface area contributed by atoms with Gasteiger partial charge in [0.1, 0.15) is 16.5 Å². The molecule has 6 heteroatoms. The van der Waals surface area contributed by atoms with Crippen LogP contribution >= 0.6 is 12.2 Å². The van der Waals surface area contributed by atoms with Crippen molar-refractivity contribution >= 4 is 34.1 Å². The van der Waals surface area contributed by atoms with Gasteiger partial charge < -0.3 is 15.0 Å².